The summed E-state index contributed by atoms with van der Waals surface area (Å²) in [6, 6.07) is 39.3. The van der Waals surface area contributed by atoms with Crippen molar-refractivity contribution in [2.75, 3.05) is 0 Å². The lowest BCUT2D eigenvalue weighted by Gasteiger charge is -2.38. The zero-order valence-corrected chi connectivity index (χ0v) is 20.1. The second-order valence-corrected chi connectivity index (χ2v) is 9.18. The Balaban J connectivity index is 1.52. The summed E-state index contributed by atoms with van der Waals surface area (Å²) in [4.78, 5) is 28.9. The summed E-state index contributed by atoms with van der Waals surface area (Å²) in [7, 11) is 0. The van der Waals surface area contributed by atoms with Gasteiger partial charge in [0.25, 0.3) is 0 Å². The lowest BCUT2D eigenvalue weighted by Crippen LogP contribution is -2.42. The highest BCUT2D eigenvalue weighted by molar-refractivity contribution is 5.97. The lowest BCUT2D eigenvalue weighted by atomic mass is 9.92. The van der Waals surface area contributed by atoms with Crippen LogP contribution in [-0.4, -0.2) is 28.6 Å². The average Bonchev–Trinajstić information content (AvgIpc) is 3.32. The van der Waals surface area contributed by atoms with E-state index in [1.807, 2.05) is 97.1 Å². The Bertz CT molecular complexity index is 1210. The third kappa shape index (κ3) is 5.27. The zero-order chi connectivity index (χ0) is 24.7. The lowest BCUT2D eigenvalue weighted by molar-refractivity contribution is 0.0861. The van der Waals surface area contributed by atoms with Crippen LogP contribution in [0.25, 0.3) is 0 Å². The van der Waals surface area contributed by atoms with Gasteiger partial charge in [0.2, 0.25) is 0 Å². The number of carbonyl (C=O) groups excluding carboxylic acids is 2. The third-order valence-corrected chi connectivity index (χ3v) is 6.83. The summed E-state index contributed by atoms with van der Waals surface area (Å²) in [6.45, 7) is 0. The molecule has 3 heteroatoms. The summed E-state index contributed by atoms with van der Waals surface area (Å²) < 4.78 is 0. The summed E-state index contributed by atoms with van der Waals surface area (Å²) in [5.74, 6) is 0.204. The van der Waals surface area contributed by atoms with Crippen molar-refractivity contribution in [3.05, 3.63) is 156 Å². The predicted octanol–water partition coefficient (Wildman–Crippen LogP) is 6.93. The van der Waals surface area contributed by atoms with Crippen molar-refractivity contribution >= 4 is 11.6 Å². The first-order chi connectivity index (χ1) is 17.7. The molecule has 0 fully saturated rings. The minimum Gasteiger partial charge on any atom is -0.294 e. The molecule has 0 saturated heterocycles. The molecule has 0 bridgehead atoms. The van der Waals surface area contributed by atoms with Crippen molar-refractivity contribution in [3.8, 4) is 0 Å². The highest BCUT2D eigenvalue weighted by Crippen LogP contribution is 2.38. The van der Waals surface area contributed by atoms with Gasteiger partial charge in [-0.05, 0) is 11.1 Å². The molecule has 0 spiro atoms. The molecular formula is C33H29NO2. The molecule has 0 amide bonds. The standard InChI is InChI=1S/C33H29NO2/c35-31(25-13-5-1-6-14-25)23-29-21-22-30(24-32(36)26-15-7-2-8-16-26)34(29)33(27-17-9-3-10-18-27)28-19-11-4-12-20-28/h1-22,29-30,33H,23-24H2/t29-,30+. The van der Waals surface area contributed by atoms with E-state index in [0.717, 1.165) is 11.1 Å². The number of hydrogen-bond acceptors (Lipinski definition) is 3. The Morgan fingerprint density at radius 3 is 1.22 bits per heavy atom. The van der Waals surface area contributed by atoms with E-state index >= 15 is 0 Å². The number of nitrogens with zero attached hydrogens (tertiary/aromatic N) is 1. The van der Waals surface area contributed by atoms with Crippen LogP contribution < -0.4 is 0 Å². The molecule has 178 valence electrons. The van der Waals surface area contributed by atoms with E-state index in [0.29, 0.717) is 24.0 Å². The van der Waals surface area contributed by atoms with Crippen LogP contribution in [0.1, 0.15) is 50.7 Å². The van der Waals surface area contributed by atoms with E-state index in [1.165, 1.54) is 0 Å². The van der Waals surface area contributed by atoms with Crippen molar-refractivity contribution in [2.45, 2.75) is 31.0 Å². The number of hydrogen-bond donors (Lipinski definition) is 0. The van der Waals surface area contributed by atoms with Gasteiger partial charge < -0.3 is 0 Å². The molecule has 0 aliphatic carbocycles. The molecule has 4 aromatic carbocycles. The topological polar surface area (TPSA) is 37.4 Å². The van der Waals surface area contributed by atoms with E-state index in [1.54, 1.807) is 0 Å². The number of carbonyl (C=O) groups is 2. The van der Waals surface area contributed by atoms with E-state index < -0.39 is 0 Å². The molecule has 1 heterocycles. The molecule has 5 rings (SSSR count). The summed E-state index contributed by atoms with van der Waals surface area (Å²) in [5.41, 5.74) is 3.71. The van der Waals surface area contributed by atoms with Gasteiger partial charge in [0.15, 0.2) is 11.6 Å². The highest BCUT2D eigenvalue weighted by Gasteiger charge is 2.38. The summed E-state index contributed by atoms with van der Waals surface area (Å²) in [5, 5.41) is 0. The van der Waals surface area contributed by atoms with E-state index in [-0.39, 0.29) is 29.7 Å². The molecular weight excluding hydrogens is 442 g/mol. The Morgan fingerprint density at radius 2 is 0.861 bits per heavy atom. The van der Waals surface area contributed by atoms with E-state index in [9.17, 15) is 9.59 Å². The molecule has 0 N–H and O–H groups in total. The Hall–Kier alpha value is -4.08. The first-order valence-electron chi connectivity index (χ1n) is 12.4. The van der Waals surface area contributed by atoms with Crippen molar-refractivity contribution in [1.82, 2.24) is 4.90 Å². The number of Topliss-reactive ketones (excluding diaryl/α,β-unsaturated/α-hetero) is 2. The van der Waals surface area contributed by atoms with Gasteiger partial charge in [-0.15, -0.1) is 0 Å². The summed E-state index contributed by atoms with van der Waals surface area (Å²) in [6.07, 6.45) is 4.94. The van der Waals surface area contributed by atoms with Crippen LogP contribution in [0.3, 0.4) is 0 Å². The van der Waals surface area contributed by atoms with E-state index in [2.05, 4.69) is 41.3 Å². The van der Waals surface area contributed by atoms with Gasteiger partial charge in [0.05, 0.1) is 6.04 Å². The largest absolute Gasteiger partial charge is 0.294 e. The Kier molecular flexibility index (Phi) is 7.30. The quantitative estimate of drug-likeness (QED) is 0.196. The smallest absolute Gasteiger partial charge is 0.164 e. The monoisotopic (exact) mass is 471 g/mol. The fourth-order valence-corrected chi connectivity index (χ4v) is 5.10. The van der Waals surface area contributed by atoms with Crippen molar-refractivity contribution in [3.63, 3.8) is 0 Å². The normalized spacial score (nSPS) is 17.4. The second kappa shape index (κ2) is 11.1. The molecule has 0 radical (unpaired) electrons. The van der Waals surface area contributed by atoms with Gasteiger partial charge in [-0.3, -0.25) is 14.5 Å². The van der Waals surface area contributed by atoms with Gasteiger partial charge in [-0.1, -0.05) is 133 Å². The van der Waals surface area contributed by atoms with Crippen molar-refractivity contribution in [1.29, 1.82) is 0 Å². The van der Waals surface area contributed by atoms with Crippen LogP contribution in [0.2, 0.25) is 0 Å². The molecule has 0 saturated carbocycles. The molecule has 0 aromatic heterocycles. The molecule has 0 unspecified atom stereocenters. The molecule has 1 aliphatic rings. The minimum atomic E-state index is -0.128. The second-order valence-electron chi connectivity index (χ2n) is 9.18. The number of rotatable bonds is 9. The SMILES string of the molecule is O=C(C[C@H]1C=C[C@@H](CC(=O)c2ccccc2)N1C(c1ccccc1)c1ccccc1)c1ccccc1. The molecule has 1 aliphatic heterocycles. The van der Waals surface area contributed by atoms with Crippen LogP contribution in [0.4, 0.5) is 0 Å². The Labute approximate surface area is 212 Å². The van der Waals surface area contributed by atoms with Crippen LogP contribution in [0.15, 0.2) is 133 Å². The predicted molar refractivity (Wildman–Crippen MR) is 144 cm³/mol. The van der Waals surface area contributed by atoms with Crippen molar-refractivity contribution in [2.24, 2.45) is 0 Å². The number of ketones is 2. The molecule has 2 atom stereocenters. The fraction of sp³-hybridized carbons (Fsp3) is 0.152. The van der Waals surface area contributed by atoms with Crippen molar-refractivity contribution < 1.29 is 9.59 Å². The number of benzene rings is 4. The van der Waals surface area contributed by atoms with E-state index in [4.69, 9.17) is 0 Å². The van der Waals surface area contributed by atoms with Crippen LogP contribution in [0.5, 0.6) is 0 Å². The minimum absolute atomic E-state index is 0.0930. The van der Waals surface area contributed by atoms with Gasteiger partial charge in [-0.25, -0.2) is 0 Å². The zero-order valence-electron chi connectivity index (χ0n) is 20.1. The highest BCUT2D eigenvalue weighted by atomic mass is 16.1. The average molecular weight is 472 g/mol. The third-order valence-electron chi connectivity index (χ3n) is 6.83. The molecule has 3 nitrogen and oxygen atoms in total. The first kappa shape index (κ1) is 23.7. The molecule has 4 aromatic rings. The first-order valence-corrected chi connectivity index (χ1v) is 12.4. The van der Waals surface area contributed by atoms with Crippen LogP contribution >= 0.6 is 0 Å². The maximum absolute atomic E-state index is 13.3. The van der Waals surface area contributed by atoms with Gasteiger partial charge in [0, 0.05) is 36.1 Å². The summed E-state index contributed by atoms with van der Waals surface area (Å²) >= 11 is 0. The van der Waals surface area contributed by atoms with Crippen LogP contribution in [-0.2, 0) is 0 Å². The maximum atomic E-state index is 13.3. The molecule has 36 heavy (non-hydrogen) atoms. The van der Waals surface area contributed by atoms with Gasteiger partial charge in [0.1, 0.15) is 0 Å². The fourth-order valence-electron chi connectivity index (χ4n) is 5.10. The van der Waals surface area contributed by atoms with Gasteiger partial charge >= 0.3 is 0 Å². The Morgan fingerprint density at radius 1 is 0.528 bits per heavy atom. The maximum Gasteiger partial charge on any atom is 0.164 e. The van der Waals surface area contributed by atoms with Gasteiger partial charge in [-0.2, -0.15) is 0 Å². The van der Waals surface area contributed by atoms with Crippen LogP contribution in [0, 0.1) is 0 Å².